The van der Waals surface area contributed by atoms with Crippen molar-refractivity contribution < 1.29 is 4.74 Å². The monoisotopic (exact) mass is 290 g/mol. The first kappa shape index (κ1) is 14.8. The Bertz CT molecular complexity index is 511. The van der Waals surface area contributed by atoms with Crippen LogP contribution in [0.15, 0.2) is 12.1 Å². The number of piperazine rings is 3. The molecule has 0 amide bonds. The Hall–Kier alpha value is -1.14. The van der Waals surface area contributed by atoms with Crippen LogP contribution >= 0.6 is 0 Å². The third-order valence-corrected chi connectivity index (χ3v) is 5.00. The minimum atomic E-state index is 0.165. The maximum Gasteiger partial charge on any atom is 0.122 e. The molecular formula is C16H26N4O. The molecule has 0 aliphatic carbocycles. The summed E-state index contributed by atoms with van der Waals surface area (Å²) in [6, 6.07) is 4.95. The van der Waals surface area contributed by atoms with E-state index in [1.807, 2.05) is 0 Å². The van der Waals surface area contributed by atoms with E-state index in [4.69, 9.17) is 10.6 Å². The van der Waals surface area contributed by atoms with Crippen LogP contribution in [0.4, 0.5) is 0 Å². The summed E-state index contributed by atoms with van der Waals surface area (Å²) in [7, 11) is 1.72. The van der Waals surface area contributed by atoms with E-state index in [9.17, 15) is 0 Å². The molecule has 3 N–H and O–H groups in total. The minimum absolute atomic E-state index is 0.165. The van der Waals surface area contributed by atoms with Crippen LogP contribution < -0.4 is 16.0 Å². The maximum atomic E-state index is 5.93. The number of rotatable bonds is 4. The van der Waals surface area contributed by atoms with E-state index in [0.29, 0.717) is 6.04 Å². The summed E-state index contributed by atoms with van der Waals surface area (Å²) in [5.41, 5.74) is 6.75. The normalized spacial score (nSPS) is 29.4. The molecule has 2 atom stereocenters. The number of nitrogens with one attached hydrogen (secondary N) is 1. The Morgan fingerprint density at radius 2 is 1.90 bits per heavy atom. The standard InChI is InChI=1S/C16H26N4O/c1-11-9-15(21-3)12(2)8-13(11)16(18-17)14-10-19-4-6-20(14)7-5-19/h8-9,14,16,18H,4-7,10,17H2,1-3H3. The van der Waals surface area contributed by atoms with Crippen LogP contribution in [0.1, 0.15) is 22.7 Å². The van der Waals surface area contributed by atoms with Gasteiger partial charge in [0.25, 0.3) is 0 Å². The Morgan fingerprint density at radius 1 is 1.19 bits per heavy atom. The fourth-order valence-corrected chi connectivity index (χ4v) is 3.75. The lowest BCUT2D eigenvalue weighted by Crippen LogP contribution is -2.64. The van der Waals surface area contributed by atoms with Crippen molar-refractivity contribution in [2.75, 3.05) is 39.8 Å². The quantitative estimate of drug-likeness (QED) is 0.635. The summed E-state index contributed by atoms with van der Waals surface area (Å²) in [6.45, 7) is 10.0. The van der Waals surface area contributed by atoms with Gasteiger partial charge in [-0.05, 0) is 36.6 Å². The minimum Gasteiger partial charge on any atom is -0.496 e. The van der Waals surface area contributed by atoms with Crippen molar-refractivity contribution >= 4 is 0 Å². The van der Waals surface area contributed by atoms with Crippen molar-refractivity contribution in [3.8, 4) is 5.75 Å². The maximum absolute atomic E-state index is 5.93. The fourth-order valence-electron chi connectivity index (χ4n) is 3.75. The lowest BCUT2D eigenvalue weighted by Gasteiger charge is -2.50. The summed E-state index contributed by atoms with van der Waals surface area (Å²) in [4.78, 5) is 5.12. The largest absolute Gasteiger partial charge is 0.496 e. The van der Waals surface area contributed by atoms with Gasteiger partial charge in [-0.1, -0.05) is 6.07 Å². The van der Waals surface area contributed by atoms with Crippen molar-refractivity contribution in [3.63, 3.8) is 0 Å². The van der Waals surface area contributed by atoms with E-state index in [0.717, 1.165) is 30.9 Å². The van der Waals surface area contributed by atoms with Gasteiger partial charge >= 0.3 is 0 Å². The number of hydrogen-bond acceptors (Lipinski definition) is 5. The van der Waals surface area contributed by atoms with Gasteiger partial charge < -0.3 is 4.74 Å². The molecule has 116 valence electrons. The molecule has 0 radical (unpaired) electrons. The number of hydrazine groups is 1. The zero-order chi connectivity index (χ0) is 15.0. The highest BCUT2D eigenvalue weighted by Crippen LogP contribution is 2.32. The number of ether oxygens (including phenoxy) is 1. The fraction of sp³-hybridized carbons (Fsp3) is 0.625. The molecule has 5 heteroatoms. The molecular weight excluding hydrogens is 264 g/mol. The molecule has 2 bridgehead atoms. The van der Waals surface area contributed by atoms with Gasteiger partial charge in [-0.2, -0.15) is 0 Å². The van der Waals surface area contributed by atoms with E-state index in [1.54, 1.807) is 7.11 Å². The predicted octanol–water partition coefficient (Wildman–Crippen LogP) is 0.816. The molecule has 2 unspecified atom stereocenters. The van der Waals surface area contributed by atoms with Gasteiger partial charge in [0.05, 0.1) is 13.2 Å². The molecule has 3 saturated heterocycles. The molecule has 3 aliphatic rings. The lowest BCUT2D eigenvalue weighted by molar-refractivity contribution is -0.00379. The molecule has 21 heavy (non-hydrogen) atoms. The van der Waals surface area contributed by atoms with Gasteiger partial charge in [0.15, 0.2) is 0 Å². The van der Waals surface area contributed by atoms with E-state index in [-0.39, 0.29) is 6.04 Å². The second-order valence-electron chi connectivity index (χ2n) is 6.23. The Morgan fingerprint density at radius 3 is 2.43 bits per heavy atom. The number of nitrogens with two attached hydrogens (primary N) is 1. The zero-order valence-electron chi connectivity index (χ0n) is 13.2. The third-order valence-electron chi connectivity index (χ3n) is 5.00. The average molecular weight is 290 g/mol. The highest BCUT2D eigenvalue weighted by atomic mass is 16.5. The summed E-state index contributed by atoms with van der Waals surface area (Å²) in [5, 5.41) is 0. The van der Waals surface area contributed by atoms with Crippen molar-refractivity contribution in [1.82, 2.24) is 15.2 Å². The molecule has 3 fully saturated rings. The van der Waals surface area contributed by atoms with Crippen LogP contribution in [0.2, 0.25) is 0 Å². The van der Waals surface area contributed by atoms with Crippen molar-refractivity contribution in [1.29, 1.82) is 0 Å². The van der Waals surface area contributed by atoms with Gasteiger partial charge in [-0.3, -0.25) is 21.1 Å². The van der Waals surface area contributed by atoms with E-state index < -0.39 is 0 Å². The molecule has 3 aliphatic heterocycles. The SMILES string of the molecule is COc1cc(C)c(C(NN)C2CN3CCN2CC3)cc1C. The van der Waals surface area contributed by atoms with Crippen LogP contribution in [0.25, 0.3) is 0 Å². The van der Waals surface area contributed by atoms with E-state index >= 15 is 0 Å². The Balaban J connectivity index is 1.91. The van der Waals surface area contributed by atoms with Gasteiger partial charge in [0, 0.05) is 38.8 Å². The van der Waals surface area contributed by atoms with Gasteiger partial charge in [0.1, 0.15) is 5.75 Å². The van der Waals surface area contributed by atoms with Crippen molar-refractivity contribution in [2.45, 2.75) is 25.9 Å². The first-order valence-corrected chi connectivity index (χ1v) is 7.71. The predicted molar refractivity (Wildman–Crippen MR) is 84.3 cm³/mol. The lowest BCUT2D eigenvalue weighted by atomic mass is 9.90. The van der Waals surface area contributed by atoms with Crippen LogP contribution in [-0.2, 0) is 0 Å². The zero-order valence-corrected chi connectivity index (χ0v) is 13.2. The number of nitrogens with zero attached hydrogens (tertiary/aromatic N) is 2. The van der Waals surface area contributed by atoms with Gasteiger partial charge in [0.2, 0.25) is 0 Å². The third kappa shape index (κ3) is 2.66. The van der Waals surface area contributed by atoms with E-state index in [1.165, 1.54) is 24.2 Å². The number of methoxy groups -OCH3 is 1. The molecule has 1 aromatic carbocycles. The molecule has 4 rings (SSSR count). The molecule has 0 spiro atoms. The summed E-state index contributed by atoms with van der Waals surface area (Å²) < 4.78 is 5.42. The summed E-state index contributed by atoms with van der Waals surface area (Å²) in [6.07, 6.45) is 0. The second-order valence-corrected chi connectivity index (χ2v) is 6.23. The number of hydrogen-bond donors (Lipinski definition) is 2. The number of aryl methyl sites for hydroxylation is 2. The van der Waals surface area contributed by atoms with Crippen LogP contribution in [-0.4, -0.2) is 55.7 Å². The van der Waals surface area contributed by atoms with Crippen molar-refractivity contribution in [3.05, 3.63) is 28.8 Å². The Labute approximate surface area is 127 Å². The molecule has 5 nitrogen and oxygen atoms in total. The number of benzene rings is 1. The topological polar surface area (TPSA) is 53.8 Å². The molecule has 0 saturated carbocycles. The second kappa shape index (κ2) is 5.93. The highest BCUT2D eigenvalue weighted by molar-refractivity contribution is 5.43. The van der Waals surface area contributed by atoms with Crippen LogP contribution in [0, 0.1) is 13.8 Å². The highest BCUT2D eigenvalue weighted by Gasteiger charge is 2.37. The van der Waals surface area contributed by atoms with E-state index in [2.05, 4.69) is 41.2 Å². The molecule has 3 heterocycles. The van der Waals surface area contributed by atoms with Gasteiger partial charge in [-0.25, -0.2) is 0 Å². The molecule has 0 aromatic heterocycles. The number of fused-ring (bicyclic) bond motifs is 3. The first-order chi connectivity index (χ1) is 10.1. The Kier molecular flexibility index (Phi) is 4.17. The summed E-state index contributed by atoms with van der Waals surface area (Å²) in [5.74, 6) is 6.88. The van der Waals surface area contributed by atoms with Gasteiger partial charge in [-0.15, -0.1) is 0 Å². The molecule has 1 aromatic rings. The smallest absolute Gasteiger partial charge is 0.122 e. The average Bonchev–Trinajstić information content (AvgIpc) is 2.52. The summed E-state index contributed by atoms with van der Waals surface area (Å²) >= 11 is 0. The van der Waals surface area contributed by atoms with Crippen LogP contribution in [0.5, 0.6) is 5.75 Å². The first-order valence-electron chi connectivity index (χ1n) is 7.71. The van der Waals surface area contributed by atoms with Crippen molar-refractivity contribution in [2.24, 2.45) is 5.84 Å². The van der Waals surface area contributed by atoms with Crippen LogP contribution in [0.3, 0.4) is 0 Å².